The number of carbonyl (C=O) groups excluding carboxylic acids is 2. The Bertz CT molecular complexity index is 1140. The van der Waals surface area contributed by atoms with Crippen molar-refractivity contribution in [3.63, 3.8) is 0 Å². The van der Waals surface area contributed by atoms with Gasteiger partial charge in [-0.3, -0.25) is 14.6 Å². The first-order valence-corrected chi connectivity index (χ1v) is 10.8. The van der Waals surface area contributed by atoms with Gasteiger partial charge in [-0.05, 0) is 61.2 Å². The topological polar surface area (TPSA) is 79.7 Å². The van der Waals surface area contributed by atoms with Gasteiger partial charge in [-0.25, -0.2) is 0 Å². The number of aliphatic hydroxyl groups is 1. The number of Topliss-reactive ketones (excluding diaryl/α,β-unsaturated/α-hetero) is 1. The molecule has 6 nitrogen and oxygen atoms in total. The monoisotopic (exact) mass is 434 g/mol. The van der Waals surface area contributed by atoms with Crippen LogP contribution in [-0.2, 0) is 16.1 Å². The third kappa shape index (κ3) is 3.96. The molecule has 0 saturated carbocycles. The summed E-state index contributed by atoms with van der Waals surface area (Å²) in [6.07, 6.45) is 1.61. The molecule has 3 heterocycles. The minimum Gasteiger partial charge on any atom is -0.507 e. The molecule has 0 spiro atoms. The predicted octanol–water partition coefficient (Wildman–Crippen LogP) is 4.47. The van der Waals surface area contributed by atoms with E-state index in [2.05, 4.69) is 4.98 Å². The lowest BCUT2D eigenvalue weighted by Crippen LogP contribution is -2.29. The number of benzene rings is 1. The maximum atomic E-state index is 13.0. The fourth-order valence-corrected chi connectivity index (χ4v) is 4.43. The number of ketones is 1. The zero-order valence-electron chi connectivity index (χ0n) is 17.2. The van der Waals surface area contributed by atoms with E-state index >= 15 is 0 Å². The van der Waals surface area contributed by atoms with E-state index in [0.29, 0.717) is 23.6 Å². The minimum atomic E-state index is -0.768. The van der Waals surface area contributed by atoms with Crippen LogP contribution in [0, 0.1) is 6.92 Å². The van der Waals surface area contributed by atoms with E-state index < -0.39 is 17.7 Å². The highest BCUT2D eigenvalue weighted by molar-refractivity contribution is 7.09. The van der Waals surface area contributed by atoms with Crippen molar-refractivity contribution in [2.24, 2.45) is 0 Å². The molecule has 1 aromatic carbocycles. The van der Waals surface area contributed by atoms with Gasteiger partial charge in [0.15, 0.2) is 0 Å². The number of nitrogens with zero attached hydrogens (tertiary/aromatic N) is 2. The van der Waals surface area contributed by atoms with Crippen molar-refractivity contribution in [1.82, 2.24) is 9.88 Å². The van der Waals surface area contributed by atoms with E-state index in [9.17, 15) is 14.7 Å². The summed E-state index contributed by atoms with van der Waals surface area (Å²) in [5.74, 6) is -0.864. The zero-order valence-corrected chi connectivity index (χ0v) is 18.1. The number of amides is 1. The zero-order chi connectivity index (χ0) is 22.0. The van der Waals surface area contributed by atoms with Crippen molar-refractivity contribution in [2.75, 3.05) is 6.61 Å². The molecule has 158 valence electrons. The normalized spacial score (nSPS) is 17.9. The number of pyridine rings is 1. The summed E-state index contributed by atoms with van der Waals surface area (Å²) in [6, 6.07) is 13.6. The summed E-state index contributed by atoms with van der Waals surface area (Å²) in [5, 5.41) is 13.1. The summed E-state index contributed by atoms with van der Waals surface area (Å²) < 4.78 is 5.57. The maximum absolute atomic E-state index is 13.0. The third-order valence-corrected chi connectivity index (χ3v) is 6.02. The highest BCUT2D eigenvalue weighted by Gasteiger charge is 2.46. The van der Waals surface area contributed by atoms with E-state index in [4.69, 9.17) is 4.74 Å². The van der Waals surface area contributed by atoms with Crippen molar-refractivity contribution in [3.8, 4) is 5.75 Å². The molecule has 7 heteroatoms. The molecule has 1 atom stereocenters. The summed E-state index contributed by atoms with van der Waals surface area (Å²) in [4.78, 5) is 32.8. The van der Waals surface area contributed by atoms with Gasteiger partial charge in [-0.15, -0.1) is 11.3 Å². The molecule has 1 aliphatic heterocycles. The Morgan fingerprint density at radius 1 is 1.19 bits per heavy atom. The Morgan fingerprint density at radius 2 is 2.03 bits per heavy atom. The van der Waals surface area contributed by atoms with Gasteiger partial charge in [0, 0.05) is 16.6 Å². The van der Waals surface area contributed by atoms with Gasteiger partial charge in [-0.2, -0.15) is 0 Å². The Hall–Kier alpha value is -3.45. The van der Waals surface area contributed by atoms with Gasteiger partial charge < -0.3 is 14.7 Å². The molecule has 3 aromatic rings. The Balaban J connectivity index is 1.83. The quantitative estimate of drug-likeness (QED) is 0.352. The molecule has 1 aliphatic rings. The number of aromatic nitrogens is 1. The first kappa shape index (κ1) is 20.8. The average Bonchev–Trinajstić information content (AvgIpc) is 3.38. The first-order chi connectivity index (χ1) is 15.0. The second kappa shape index (κ2) is 8.73. The molecule has 1 N–H and O–H groups in total. The number of aliphatic hydroxyl groups excluding tert-OH is 1. The number of thiophene rings is 1. The molecule has 1 unspecified atom stereocenters. The predicted molar refractivity (Wildman–Crippen MR) is 119 cm³/mol. The Kier molecular flexibility index (Phi) is 5.86. The molecular weight excluding hydrogens is 412 g/mol. The summed E-state index contributed by atoms with van der Waals surface area (Å²) in [7, 11) is 0. The smallest absolute Gasteiger partial charge is 0.296 e. The van der Waals surface area contributed by atoms with Crippen LogP contribution < -0.4 is 4.74 Å². The lowest BCUT2D eigenvalue weighted by molar-refractivity contribution is -0.140. The van der Waals surface area contributed by atoms with Crippen molar-refractivity contribution in [3.05, 3.63) is 87.4 Å². The van der Waals surface area contributed by atoms with Crippen molar-refractivity contribution >= 4 is 28.8 Å². The molecule has 0 radical (unpaired) electrons. The summed E-state index contributed by atoms with van der Waals surface area (Å²) >= 11 is 1.51. The second-order valence-corrected chi connectivity index (χ2v) is 8.21. The molecule has 1 amide bonds. The van der Waals surface area contributed by atoms with E-state index in [1.807, 2.05) is 31.4 Å². The molecule has 2 aromatic heterocycles. The van der Waals surface area contributed by atoms with Crippen molar-refractivity contribution in [1.29, 1.82) is 0 Å². The highest BCUT2D eigenvalue weighted by Crippen LogP contribution is 2.40. The Morgan fingerprint density at radius 3 is 2.68 bits per heavy atom. The van der Waals surface area contributed by atoms with Crippen LogP contribution in [0.2, 0.25) is 0 Å². The van der Waals surface area contributed by atoms with Gasteiger partial charge >= 0.3 is 0 Å². The van der Waals surface area contributed by atoms with Crippen LogP contribution in [0.15, 0.2) is 65.7 Å². The molecule has 0 aliphatic carbocycles. The second-order valence-electron chi connectivity index (χ2n) is 7.17. The van der Waals surface area contributed by atoms with Crippen LogP contribution in [0.3, 0.4) is 0 Å². The molecule has 1 fully saturated rings. The van der Waals surface area contributed by atoms with Gasteiger partial charge in [0.05, 0.1) is 24.4 Å². The Labute approximate surface area is 184 Å². The number of hydrogen-bond donors (Lipinski definition) is 1. The summed E-state index contributed by atoms with van der Waals surface area (Å²) in [5.41, 5.74) is 1.86. The lowest BCUT2D eigenvalue weighted by Gasteiger charge is -2.24. The van der Waals surface area contributed by atoms with Crippen LogP contribution in [0.4, 0.5) is 0 Å². The SMILES string of the molecule is CCOc1ccc(/C(O)=C2/C(=O)C(=O)N(Cc3cccs3)C2c2ccccn2)cc1C. The van der Waals surface area contributed by atoms with Crippen LogP contribution in [0.25, 0.3) is 5.76 Å². The molecule has 31 heavy (non-hydrogen) atoms. The van der Waals surface area contributed by atoms with Gasteiger partial charge in [-0.1, -0.05) is 12.1 Å². The first-order valence-electron chi connectivity index (χ1n) is 9.96. The maximum Gasteiger partial charge on any atom is 0.296 e. The van der Waals surface area contributed by atoms with Crippen molar-refractivity contribution < 1.29 is 19.4 Å². The van der Waals surface area contributed by atoms with Gasteiger partial charge in [0.1, 0.15) is 17.6 Å². The average molecular weight is 435 g/mol. The van der Waals surface area contributed by atoms with Crippen molar-refractivity contribution in [2.45, 2.75) is 26.4 Å². The molecule has 4 rings (SSSR count). The summed E-state index contributed by atoms with van der Waals surface area (Å²) in [6.45, 7) is 4.56. The number of hydrogen-bond acceptors (Lipinski definition) is 6. The largest absolute Gasteiger partial charge is 0.507 e. The standard InChI is InChI=1S/C24H22N2O4S/c1-3-30-19-10-9-16(13-15(19)2)22(27)20-21(18-8-4-5-11-25-18)26(24(29)23(20)28)14-17-7-6-12-31-17/h4-13,21,27H,3,14H2,1-2H3/b22-20-. The van der Waals surface area contributed by atoms with E-state index in [-0.39, 0.29) is 17.9 Å². The highest BCUT2D eigenvalue weighted by atomic mass is 32.1. The fraction of sp³-hybridized carbons (Fsp3) is 0.208. The van der Waals surface area contributed by atoms with Crippen LogP contribution in [-0.4, -0.2) is 33.3 Å². The number of likely N-dealkylation sites (tertiary alicyclic amines) is 1. The number of aryl methyl sites for hydroxylation is 1. The number of ether oxygens (including phenoxy) is 1. The lowest BCUT2D eigenvalue weighted by atomic mass is 9.97. The molecule has 0 bridgehead atoms. The number of rotatable bonds is 6. The van der Waals surface area contributed by atoms with Crippen LogP contribution in [0.5, 0.6) is 5.75 Å². The van der Waals surface area contributed by atoms with E-state index in [0.717, 1.165) is 10.4 Å². The third-order valence-electron chi connectivity index (χ3n) is 5.16. The number of carbonyl (C=O) groups is 2. The van der Waals surface area contributed by atoms with E-state index in [1.54, 1.807) is 42.6 Å². The van der Waals surface area contributed by atoms with Crippen LogP contribution >= 0.6 is 11.3 Å². The van der Waals surface area contributed by atoms with Gasteiger partial charge in [0.25, 0.3) is 11.7 Å². The van der Waals surface area contributed by atoms with Gasteiger partial charge in [0.2, 0.25) is 0 Å². The van der Waals surface area contributed by atoms with Crippen LogP contribution in [0.1, 0.15) is 34.7 Å². The molecular formula is C24H22N2O4S. The fourth-order valence-electron chi connectivity index (χ4n) is 3.73. The van der Waals surface area contributed by atoms with E-state index in [1.165, 1.54) is 16.2 Å². The molecule has 1 saturated heterocycles. The minimum absolute atomic E-state index is 0.0452.